The molecule has 1 aromatic heterocycles. The van der Waals surface area contributed by atoms with Gasteiger partial charge in [-0.2, -0.15) is 0 Å². The summed E-state index contributed by atoms with van der Waals surface area (Å²) in [5, 5.41) is -0.150. The van der Waals surface area contributed by atoms with Crippen molar-refractivity contribution in [2.75, 3.05) is 24.6 Å². The number of hydrogen-bond acceptors (Lipinski definition) is 4. The van der Waals surface area contributed by atoms with Crippen LogP contribution in [0.2, 0.25) is 5.15 Å². The number of ether oxygens (including phenoxy) is 1. The highest BCUT2D eigenvalue weighted by atomic mass is 35.5. The lowest BCUT2D eigenvalue weighted by molar-refractivity contribution is -0.147. The molecule has 144 valence electrons. The second-order valence-corrected chi connectivity index (χ2v) is 7.94. The van der Waals surface area contributed by atoms with Gasteiger partial charge in [0.25, 0.3) is 5.92 Å². The molecule has 0 aromatic carbocycles. The third-order valence-corrected chi connectivity index (χ3v) is 6.37. The fourth-order valence-electron chi connectivity index (χ4n) is 4.88. The number of halogens is 3. The van der Waals surface area contributed by atoms with Gasteiger partial charge in [-0.05, 0) is 43.1 Å². The summed E-state index contributed by atoms with van der Waals surface area (Å²) in [7, 11) is 0. The van der Waals surface area contributed by atoms with Gasteiger partial charge in [0.15, 0.2) is 0 Å². The smallest absolute Gasteiger partial charge is 0.306 e. The highest BCUT2D eigenvalue weighted by Crippen LogP contribution is 2.53. The quantitative estimate of drug-likeness (QED) is 0.432. The number of pyridine rings is 1. The van der Waals surface area contributed by atoms with Gasteiger partial charge in [-0.1, -0.05) is 11.6 Å². The van der Waals surface area contributed by atoms with E-state index in [-0.39, 0.29) is 41.1 Å². The number of carbonyl (C=O) groups is 1. The molecule has 27 heavy (non-hydrogen) atoms. The molecule has 1 saturated carbocycles. The molecule has 0 spiro atoms. The van der Waals surface area contributed by atoms with Gasteiger partial charge in [0.05, 0.1) is 13.2 Å². The van der Waals surface area contributed by atoms with Crippen LogP contribution >= 0.6 is 11.6 Å². The van der Waals surface area contributed by atoms with E-state index in [0.717, 1.165) is 6.42 Å². The Hall–Kier alpha value is -1.94. The number of alkyl halides is 2. The number of hydrogen-bond donors (Lipinski definition) is 0. The van der Waals surface area contributed by atoms with E-state index in [9.17, 15) is 13.6 Å². The van der Waals surface area contributed by atoms with Crippen LogP contribution in [0.4, 0.5) is 20.3 Å². The van der Waals surface area contributed by atoms with Crippen LogP contribution in [0.25, 0.3) is 4.85 Å². The van der Waals surface area contributed by atoms with Crippen LogP contribution in [0.3, 0.4) is 0 Å². The van der Waals surface area contributed by atoms with Crippen molar-refractivity contribution in [3.63, 3.8) is 0 Å². The van der Waals surface area contributed by atoms with Crippen LogP contribution in [0.15, 0.2) is 0 Å². The molecule has 3 heterocycles. The molecule has 0 radical (unpaired) electrons. The summed E-state index contributed by atoms with van der Waals surface area (Å²) < 4.78 is 33.8. The van der Waals surface area contributed by atoms with E-state index in [4.69, 9.17) is 22.9 Å². The maximum absolute atomic E-state index is 14.4. The van der Waals surface area contributed by atoms with E-state index in [1.807, 2.05) is 4.90 Å². The van der Waals surface area contributed by atoms with E-state index >= 15 is 0 Å². The molecule has 8 heteroatoms. The van der Waals surface area contributed by atoms with Crippen molar-refractivity contribution in [1.29, 1.82) is 0 Å². The van der Waals surface area contributed by atoms with Gasteiger partial charge < -0.3 is 9.64 Å². The van der Waals surface area contributed by atoms with Gasteiger partial charge in [-0.25, -0.2) is 18.6 Å². The maximum Gasteiger partial charge on any atom is 0.306 e. The summed E-state index contributed by atoms with van der Waals surface area (Å²) in [5.74, 6) is -1.79. The third-order valence-electron chi connectivity index (χ3n) is 6.11. The van der Waals surface area contributed by atoms with Crippen molar-refractivity contribution < 1.29 is 18.3 Å². The summed E-state index contributed by atoms with van der Waals surface area (Å²) in [4.78, 5) is 21.3. The molecule has 0 N–H and O–H groups in total. The van der Waals surface area contributed by atoms with Crippen molar-refractivity contribution in [3.8, 4) is 0 Å². The van der Waals surface area contributed by atoms with Crippen LogP contribution in [-0.4, -0.2) is 30.6 Å². The predicted octanol–water partition coefficient (Wildman–Crippen LogP) is 4.35. The number of fused-ring (bicyclic) bond motifs is 3. The molecule has 2 bridgehead atoms. The van der Waals surface area contributed by atoms with Crippen LogP contribution < -0.4 is 4.90 Å². The Balaban J connectivity index is 1.59. The highest BCUT2D eigenvalue weighted by molar-refractivity contribution is 6.32. The molecule has 1 aromatic rings. The van der Waals surface area contributed by atoms with Gasteiger partial charge in [0.2, 0.25) is 5.69 Å². The van der Waals surface area contributed by atoms with Crippen LogP contribution in [0.5, 0.6) is 0 Å². The Labute approximate surface area is 161 Å². The number of rotatable bonds is 4. The van der Waals surface area contributed by atoms with Crippen LogP contribution in [0.1, 0.15) is 37.3 Å². The first-order chi connectivity index (χ1) is 12.9. The first-order valence-electron chi connectivity index (χ1n) is 9.24. The molecule has 5 rings (SSSR count). The average Bonchev–Trinajstić information content (AvgIpc) is 2.95. The summed E-state index contributed by atoms with van der Waals surface area (Å²) >= 11 is 6.09. The zero-order valence-electron chi connectivity index (χ0n) is 15.0. The summed E-state index contributed by atoms with van der Waals surface area (Å²) in [6, 6.07) is 0. The van der Waals surface area contributed by atoms with Crippen molar-refractivity contribution in [2.45, 2.75) is 38.5 Å². The first-order valence-corrected chi connectivity index (χ1v) is 9.62. The lowest BCUT2D eigenvalue weighted by Gasteiger charge is -2.54. The lowest BCUT2D eigenvalue weighted by Crippen LogP contribution is -2.56. The number of carbonyl (C=O) groups excluding carboxylic acids is 1. The minimum absolute atomic E-state index is 0.150. The molecule has 0 amide bonds. The molecule has 3 atom stereocenters. The van der Waals surface area contributed by atoms with Crippen molar-refractivity contribution in [3.05, 3.63) is 27.7 Å². The second kappa shape index (κ2) is 6.59. The Bertz CT molecular complexity index is 827. The van der Waals surface area contributed by atoms with Crippen molar-refractivity contribution in [2.24, 2.45) is 17.8 Å². The zero-order chi connectivity index (χ0) is 19.3. The van der Waals surface area contributed by atoms with Crippen LogP contribution in [-0.2, 0) is 21.9 Å². The highest BCUT2D eigenvalue weighted by Gasteiger charge is 2.50. The molecule has 2 saturated heterocycles. The SMILES string of the molecule is [C-]#[N+]c1c(Cl)nc(N2C[C@H]3C[C@@H](C2)C3CC(=O)OCC)c2c1C(F)(F)CC2. The summed E-state index contributed by atoms with van der Waals surface area (Å²) in [6.07, 6.45) is 1.33. The number of piperidine rings is 2. The van der Waals surface area contributed by atoms with Gasteiger partial charge in [0, 0.05) is 31.5 Å². The number of aromatic nitrogens is 1. The summed E-state index contributed by atoms with van der Waals surface area (Å²) in [5.41, 5.74) is -0.00580. The third kappa shape index (κ3) is 2.94. The standard InChI is InChI=1S/C19H20ClF2N3O2/c1-3-27-14(26)7-13-10-6-11(13)9-25(8-10)18-12-4-5-19(21,22)15(12)16(23-2)17(20)24-18/h10-11,13H,3-9H2,1H3/t10-,11+,13?. The van der Waals surface area contributed by atoms with Gasteiger partial charge in [-0.3, -0.25) is 4.79 Å². The molecule has 1 unspecified atom stereocenters. The monoisotopic (exact) mass is 395 g/mol. The van der Waals surface area contributed by atoms with Gasteiger partial charge in [-0.15, -0.1) is 0 Å². The molecule has 3 fully saturated rings. The van der Waals surface area contributed by atoms with Crippen LogP contribution in [0, 0.1) is 24.3 Å². The Morgan fingerprint density at radius 1 is 1.44 bits per heavy atom. The molecule has 5 nitrogen and oxygen atoms in total. The number of esters is 1. The maximum atomic E-state index is 14.4. The van der Waals surface area contributed by atoms with E-state index < -0.39 is 5.92 Å². The van der Waals surface area contributed by atoms with Gasteiger partial charge >= 0.3 is 5.97 Å². The van der Waals surface area contributed by atoms with Gasteiger partial charge in [0.1, 0.15) is 11.0 Å². The first kappa shape index (κ1) is 18.4. The van der Waals surface area contributed by atoms with E-state index in [2.05, 4.69) is 9.83 Å². The molecule has 2 aliphatic heterocycles. The minimum Gasteiger partial charge on any atom is -0.466 e. The van der Waals surface area contributed by atoms with Crippen molar-refractivity contribution in [1.82, 2.24) is 4.98 Å². The number of anilines is 1. The summed E-state index contributed by atoms with van der Waals surface area (Å²) in [6.45, 7) is 10.7. The largest absolute Gasteiger partial charge is 0.466 e. The molecule has 2 aliphatic carbocycles. The Kier molecular flexibility index (Phi) is 4.50. The second-order valence-electron chi connectivity index (χ2n) is 7.58. The predicted molar refractivity (Wildman–Crippen MR) is 96.3 cm³/mol. The van der Waals surface area contributed by atoms with E-state index in [0.29, 0.717) is 49.3 Å². The fourth-order valence-corrected chi connectivity index (χ4v) is 5.10. The number of nitrogens with zero attached hydrogens (tertiary/aromatic N) is 3. The average molecular weight is 396 g/mol. The van der Waals surface area contributed by atoms with E-state index in [1.54, 1.807) is 6.92 Å². The molecule has 4 aliphatic rings. The zero-order valence-corrected chi connectivity index (χ0v) is 15.7. The fraction of sp³-hybridized carbons (Fsp3) is 0.632. The normalized spacial score (nSPS) is 27.5. The Morgan fingerprint density at radius 3 is 2.78 bits per heavy atom. The molecular weight excluding hydrogens is 376 g/mol. The topological polar surface area (TPSA) is 46.8 Å². The van der Waals surface area contributed by atoms with E-state index in [1.165, 1.54) is 0 Å². The lowest BCUT2D eigenvalue weighted by atomic mass is 9.60. The van der Waals surface area contributed by atoms with Crippen molar-refractivity contribution >= 4 is 29.1 Å². The Morgan fingerprint density at radius 2 is 2.15 bits per heavy atom. The minimum atomic E-state index is -3.04. The molecular formula is C19H20ClF2N3O2.